The van der Waals surface area contributed by atoms with E-state index >= 15 is 0 Å². The van der Waals surface area contributed by atoms with E-state index in [1.54, 1.807) is 23.3 Å². The number of nitrogen functional groups attached to an aromatic ring is 1. The average molecular weight is 570 g/mol. The minimum Gasteiger partial charge on any atom is -0.412 e. The molecule has 0 radical (unpaired) electrons. The standard InChI is InChI=1S/C26H24ClN7S2.2H2O/c27-18-6-8-21(9-7-18)36-33-12-2-5-20(16-33)30-25-29-11-10-22(31-25)24-23(17-3-1-4-19(28)15-17)32-26-34(24)13-14-35-26;;/h1,3-4,6-11,13-15,20H,2,5,12,16,28H2,(H,29,30,31);2*1H2/t20-;;/m1../s1. The lowest BCUT2D eigenvalue weighted by Crippen LogP contribution is -2.38. The summed E-state index contributed by atoms with van der Waals surface area (Å²) in [4.78, 5) is 16.4. The fourth-order valence-electron chi connectivity index (χ4n) is 4.45. The maximum atomic E-state index is 6.07. The van der Waals surface area contributed by atoms with Gasteiger partial charge in [0.25, 0.3) is 0 Å². The first-order valence-corrected chi connectivity index (χ1v) is 13.8. The van der Waals surface area contributed by atoms with Crippen molar-refractivity contribution in [1.29, 1.82) is 0 Å². The predicted molar refractivity (Wildman–Crippen MR) is 157 cm³/mol. The lowest BCUT2D eigenvalue weighted by atomic mass is 10.1. The quantitative estimate of drug-likeness (QED) is 0.222. The number of anilines is 2. The molecular formula is C26H28ClN7O2S2. The largest absolute Gasteiger partial charge is 0.412 e. The van der Waals surface area contributed by atoms with Crippen LogP contribution in [0.4, 0.5) is 11.6 Å². The third-order valence-corrected chi connectivity index (χ3v) is 8.17. The Bertz CT molecular complexity index is 1510. The van der Waals surface area contributed by atoms with E-state index in [-0.39, 0.29) is 17.0 Å². The van der Waals surface area contributed by atoms with Crippen LogP contribution in [0.1, 0.15) is 12.8 Å². The van der Waals surface area contributed by atoms with Gasteiger partial charge in [0.2, 0.25) is 5.95 Å². The minimum atomic E-state index is 0. The zero-order chi connectivity index (χ0) is 24.5. The van der Waals surface area contributed by atoms with E-state index in [4.69, 9.17) is 27.3 Å². The molecule has 7 N–H and O–H groups in total. The van der Waals surface area contributed by atoms with Crippen LogP contribution in [0.3, 0.4) is 0 Å². The Morgan fingerprint density at radius 2 is 1.92 bits per heavy atom. The first kappa shape index (κ1) is 27.8. The molecule has 12 heteroatoms. The highest BCUT2D eigenvalue weighted by atomic mass is 35.5. The van der Waals surface area contributed by atoms with Crippen LogP contribution < -0.4 is 11.1 Å². The molecule has 5 aromatic rings. The Morgan fingerprint density at radius 3 is 2.74 bits per heavy atom. The smallest absolute Gasteiger partial charge is 0.223 e. The molecule has 0 unspecified atom stereocenters. The number of imidazole rings is 1. The van der Waals surface area contributed by atoms with E-state index in [1.807, 2.05) is 60.2 Å². The number of piperidine rings is 1. The second-order valence-electron chi connectivity index (χ2n) is 8.67. The van der Waals surface area contributed by atoms with Crippen molar-refractivity contribution < 1.29 is 11.0 Å². The van der Waals surface area contributed by atoms with E-state index < -0.39 is 0 Å². The Labute approximate surface area is 233 Å². The number of halogens is 1. The van der Waals surface area contributed by atoms with Crippen molar-refractivity contribution >= 4 is 51.5 Å². The molecule has 38 heavy (non-hydrogen) atoms. The van der Waals surface area contributed by atoms with Crippen molar-refractivity contribution in [2.24, 2.45) is 0 Å². The number of rotatable bonds is 6. The summed E-state index contributed by atoms with van der Waals surface area (Å²) in [5.41, 5.74) is 10.4. The number of thiazole rings is 1. The summed E-state index contributed by atoms with van der Waals surface area (Å²) in [6.45, 7) is 1.94. The summed E-state index contributed by atoms with van der Waals surface area (Å²) in [6.07, 6.45) is 6.01. The summed E-state index contributed by atoms with van der Waals surface area (Å²) >= 11 is 9.40. The normalized spacial score (nSPS) is 15.6. The third kappa shape index (κ3) is 5.93. The molecule has 3 aromatic heterocycles. The number of hydrogen-bond donors (Lipinski definition) is 2. The Kier molecular flexibility index (Phi) is 8.87. The number of nitrogens with two attached hydrogens (primary N) is 1. The topological polar surface area (TPSA) is 147 Å². The highest BCUT2D eigenvalue weighted by Crippen LogP contribution is 2.34. The fraction of sp³-hybridized carbons (Fsp3) is 0.192. The number of nitrogens with one attached hydrogen (secondary N) is 1. The van der Waals surface area contributed by atoms with Crippen molar-refractivity contribution in [2.45, 2.75) is 23.8 Å². The SMILES string of the molecule is Nc1cccc(-c2nc3sccn3c2-c2ccnc(N[C@@H]3CCCN(Sc4ccc(Cl)cc4)C3)n2)c1.O.O. The molecule has 198 valence electrons. The third-order valence-electron chi connectivity index (χ3n) is 6.09. The molecule has 0 amide bonds. The summed E-state index contributed by atoms with van der Waals surface area (Å²) in [5.74, 6) is 0.625. The summed E-state index contributed by atoms with van der Waals surface area (Å²) < 4.78 is 4.47. The van der Waals surface area contributed by atoms with Gasteiger partial charge in [-0.25, -0.2) is 19.3 Å². The molecule has 9 nitrogen and oxygen atoms in total. The lowest BCUT2D eigenvalue weighted by Gasteiger charge is -2.32. The first-order chi connectivity index (χ1) is 17.6. The maximum Gasteiger partial charge on any atom is 0.223 e. The molecule has 0 saturated carbocycles. The molecule has 1 aliphatic heterocycles. The Morgan fingerprint density at radius 1 is 1.08 bits per heavy atom. The molecule has 0 aliphatic carbocycles. The van der Waals surface area contributed by atoms with Crippen LogP contribution in [-0.4, -0.2) is 53.7 Å². The van der Waals surface area contributed by atoms with Gasteiger partial charge in [0.1, 0.15) is 5.69 Å². The van der Waals surface area contributed by atoms with Crippen molar-refractivity contribution in [2.75, 3.05) is 24.1 Å². The molecule has 4 heterocycles. The van der Waals surface area contributed by atoms with Gasteiger partial charge in [0.15, 0.2) is 4.96 Å². The van der Waals surface area contributed by atoms with E-state index in [1.165, 1.54) is 4.90 Å². The number of fused-ring (bicyclic) bond motifs is 1. The average Bonchev–Trinajstić information content (AvgIpc) is 3.48. The van der Waals surface area contributed by atoms with Gasteiger partial charge >= 0.3 is 0 Å². The molecule has 0 spiro atoms. The van der Waals surface area contributed by atoms with Gasteiger partial charge in [-0.3, -0.25) is 4.40 Å². The molecular weight excluding hydrogens is 542 g/mol. The van der Waals surface area contributed by atoms with Crippen molar-refractivity contribution in [1.82, 2.24) is 23.7 Å². The van der Waals surface area contributed by atoms with E-state index in [2.05, 4.69) is 31.1 Å². The van der Waals surface area contributed by atoms with Gasteiger partial charge in [-0.2, -0.15) is 0 Å². The predicted octanol–water partition coefficient (Wildman–Crippen LogP) is 4.69. The summed E-state index contributed by atoms with van der Waals surface area (Å²) in [7, 11) is 0. The van der Waals surface area contributed by atoms with E-state index in [0.29, 0.717) is 11.6 Å². The zero-order valence-electron chi connectivity index (χ0n) is 20.3. The monoisotopic (exact) mass is 569 g/mol. The number of aromatic nitrogens is 4. The lowest BCUT2D eigenvalue weighted by molar-refractivity contribution is 0.355. The van der Waals surface area contributed by atoms with Crippen molar-refractivity contribution in [3.8, 4) is 22.6 Å². The fourth-order valence-corrected chi connectivity index (χ4v) is 6.32. The van der Waals surface area contributed by atoms with Crippen LogP contribution in [0.5, 0.6) is 0 Å². The highest BCUT2D eigenvalue weighted by molar-refractivity contribution is 7.97. The van der Waals surface area contributed by atoms with Gasteiger partial charge in [-0.15, -0.1) is 11.3 Å². The van der Waals surface area contributed by atoms with Gasteiger partial charge in [0.05, 0.1) is 11.4 Å². The molecule has 1 saturated heterocycles. The van der Waals surface area contributed by atoms with Crippen LogP contribution in [0, 0.1) is 0 Å². The van der Waals surface area contributed by atoms with Gasteiger partial charge < -0.3 is 22.0 Å². The van der Waals surface area contributed by atoms with Crippen LogP contribution in [-0.2, 0) is 0 Å². The molecule has 6 rings (SSSR count). The van der Waals surface area contributed by atoms with E-state index in [9.17, 15) is 0 Å². The molecule has 1 aliphatic rings. The van der Waals surface area contributed by atoms with Crippen LogP contribution >= 0.6 is 34.9 Å². The van der Waals surface area contributed by atoms with Crippen LogP contribution in [0.25, 0.3) is 27.6 Å². The second kappa shape index (κ2) is 12.1. The maximum absolute atomic E-state index is 6.07. The highest BCUT2D eigenvalue weighted by Gasteiger charge is 2.23. The number of benzene rings is 2. The van der Waals surface area contributed by atoms with Crippen LogP contribution in [0.2, 0.25) is 5.02 Å². The molecule has 1 fully saturated rings. The van der Waals surface area contributed by atoms with E-state index in [0.717, 1.165) is 58.6 Å². The molecule has 0 bridgehead atoms. The van der Waals surface area contributed by atoms with Gasteiger partial charge in [0, 0.05) is 58.1 Å². The first-order valence-electron chi connectivity index (χ1n) is 11.7. The summed E-state index contributed by atoms with van der Waals surface area (Å²) in [6, 6.07) is 18.0. The zero-order valence-corrected chi connectivity index (χ0v) is 22.7. The van der Waals surface area contributed by atoms with Gasteiger partial charge in [-0.1, -0.05) is 23.7 Å². The summed E-state index contributed by atoms with van der Waals surface area (Å²) in [5, 5.41) is 6.36. The van der Waals surface area contributed by atoms with Crippen molar-refractivity contribution in [3.05, 3.63) is 77.4 Å². The minimum absolute atomic E-state index is 0. The Balaban J connectivity index is 0.00000168. The number of nitrogens with zero attached hydrogens (tertiary/aromatic N) is 5. The number of hydrogen-bond acceptors (Lipinski definition) is 8. The van der Waals surface area contributed by atoms with Gasteiger partial charge in [-0.05, 0) is 67.3 Å². The molecule has 1 atom stereocenters. The molecule has 2 aromatic carbocycles. The van der Waals surface area contributed by atoms with Crippen molar-refractivity contribution in [3.63, 3.8) is 0 Å². The Hall–Kier alpha value is -3.19. The second-order valence-corrected chi connectivity index (χ2v) is 11.2. The van der Waals surface area contributed by atoms with Crippen LogP contribution in [0.15, 0.2) is 77.3 Å².